The van der Waals surface area contributed by atoms with E-state index in [4.69, 9.17) is 4.74 Å². The molecule has 0 fully saturated rings. The second kappa shape index (κ2) is 7.48. The van der Waals surface area contributed by atoms with Crippen LogP contribution in [0.25, 0.3) is 11.5 Å². The van der Waals surface area contributed by atoms with Crippen molar-refractivity contribution in [1.82, 2.24) is 15.0 Å². The van der Waals surface area contributed by atoms with Gasteiger partial charge in [0.05, 0.1) is 12.7 Å². The molecule has 0 saturated heterocycles. The summed E-state index contributed by atoms with van der Waals surface area (Å²) >= 11 is 0. The van der Waals surface area contributed by atoms with Crippen molar-refractivity contribution in [1.29, 1.82) is 0 Å². The quantitative estimate of drug-likeness (QED) is 0.812. The summed E-state index contributed by atoms with van der Waals surface area (Å²) in [7, 11) is 1.59. The van der Waals surface area contributed by atoms with E-state index < -0.39 is 6.10 Å². The normalized spacial score (nSPS) is 14.5. The first-order valence-corrected chi connectivity index (χ1v) is 8.00. The van der Waals surface area contributed by atoms with Gasteiger partial charge >= 0.3 is 0 Å². The van der Waals surface area contributed by atoms with Crippen LogP contribution in [0.5, 0.6) is 0 Å². The molecule has 0 amide bonds. The number of aromatic nitrogens is 3. The number of rotatable bonds is 7. The fourth-order valence-electron chi connectivity index (χ4n) is 2.82. The molecule has 6 heteroatoms. The van der Waals surface area contributed by atoms with Crippen molar-refractivity contribution < 1.29 is 9.84 Å². The van der Waals surface area contributed by atoms with E-state index in [0.717, 1.165) is 36.5 Å². The first-order chi connectivity index (χ1) is 11.3. The maximum absolute atomic E-state index is 9.75. The highest BCUT2D eigenvalue weighted by Gasteiger charge is 2.20. The van der Waals surface area contributed by atoms with E-state index in [-0.39, 0.29) is 0 Å². The number of methoxy groups -OCH3 is 1. The van der Waals surface area contributed by atoms with E-state index in [1.54, 1.807) is 13.3 Å². The Bertz CT molecular complexity index is 649. The number of aliphatic hydroxyl groups excluding tert-OH is 1. The Morgan fingerprint density at radius 1 is 1.30 bits per heavy atom. The predicted octanol–water partition coefficient (Wildman–Crippen LogP) is 1.84. The summed E-state index contributed by atoms with van der Waals surface area (Å²) in [6.45, 7) is 0.998. The number of hydrogen-bond donors (Lipinski definition) is 2. The van der Waals surface area contributed by atoms with Crippen molar-refractivity contribution in [2.24, 2.45) is 0 Å². The van der Waals surface area contributed by atoms with Gasteiger partial charge in [-0.1, -0.05) is 6.07 Å². The smallest absolute Gasteiger partial charge is 0.180 e. The van der Waals surface area contributed by atoms with Crippen molar-refractivity contribution in [2.75, 3.05) is 25.6 Å². The third kappa shape index (κ3) is 3.83. The molecule has 0 aromatic carbocycles. The lowest BCUT2D eigenvalue weighted by Gasteiger charge is -2.14. The van der Waals surface area contributed by atoms with Gasteiger partial charge < -0.3 is 15.2 Å². The van der Waals surface area contributed by atoms with E-state index in [0.29, 0.717) is 25.4 Å². The lowest BCUT2D eigenvalue weighted by molar-refractivity contribution is 0.0615. The third-order valence-corrected chi connectivity index (χ3v) is 3.96. The molecule has 1 unspecified atom stereocenters. The molecule has 2 heterocycles. The lowest BCUT2D eigenvalue weighted by atomic mass is 10.2. The van der Waals surface area contributed by atoms with E-state index >= 15 is 0 Å². The molecule has 1 aliphatic rings. The summed E-state index contributed by atoms with van der Waals surface area (Å²) in [5, 5.41) is 13.1. The van der Waals surface area contributed by atoms with Gasteiger partial charge in [-0.05, 0) is 37.8 Å². The van der Waals surface area contributed by atoms with Gasteiger partial charge in [-0.3, -0.25) is 4.98 Å². The van der Waals surface area contributed by atoms with Crippen molar-refractivity contribution >= 4 is 5.82 Å². The van der Waals surface area contributed by atoms with Crippen LogP contribution in [0.3, 0.4) is 0 Å². The SMILES string of the molecule is COCC(O)CCNc1nc(-c2ccccn2)nc2c1CCC2. The average Bonchev–Trinajstić information content (AvgIpc) is 3.04. The number of ether oxygens (including phenoxy) is 1. The Balaban J connectivity index is 1.78. The topological polar surface area (TPSA) is 80.2 Å². The molecule has 6 nitrogen and oxygen atoms in total. The Hall–Kier alpha value is -2.05. The van der Waals surface area contributed by atoms with Gasteiger partial charge in [0.15, 0.2) is 5.82 Å². The van der Waals surface area contributed by atoms with Crippen molar-refractivity contribution in [2.45, 2.75) is 31.8 Å². The standard InChI is InChI=1S/C17H22N4O2/c1-23-11-12(22)8-10-19-16-13-5-4-7-14(13)20-17(21-16)15-6-2-3-9-18-15/h2-3,6,9,12,22H,4-5,7-8,10-11H2,1H3,(H,19,20,21). The lowest BCUT2D eigenvalue weighted by Crippen LogP contribution is -2.19. The summed E-state index contributed by atoms with van der Waals surface area (Å²) in [5.41, 5.74) is 3.09. The van der Waals surface area contributed by atoms with Crippen LogP contribution >= 0.6 is 0 Å². The monoisotopic (exact) mass is 314 g/mol. The minimum Gasteiger partial charge on any atom is -0.391 e. The highest BCUT2D eigenvalue weighted by molar-refractivity contribution is 5.57. The fourth-order valence-corrected chi connectivity index (χ4v) is 2.82. The van der Waals surface area contributed by atoms with Gasteiger partial charge in [0.1, 0.15) is 11.5 Å². The molecule has 2 aromatic heterocycles. The Morgan fingerprint density at radius 2 is 2.22 bits per heavy atom. The van der Waals surface area contributed by atoms with Crippen LogP contribution in [0.1, 0.15) is 24.1 Å². The fraction of sp³-hybridized carbons (Fsp3) is 0.471. The highest BCUT2D eigenvalue weighted by atomic mass is 16.5. The maximum Gasteiger partial charge on any atom is 0.180 e. The minimum atomic E-state index is -0.461. The van der Waals surface area contributed by atoms with Crippen LogP contribution in [-0.2, 0) is 17.6 Å². The van der Waals surface area contributed by atoms with E-state index in [1.165, 1.54) is 5.56 Å². The van der Waals surface area contributed by atoms with E-state index in [9.17, 15) is 5.11 Å². The van der Waals surface area contributed by atoms with Crippen LogP contribution in [-0.4, -0.2) is 46.4 Å². The van der Waals surface area contributed by atoms with E-state index in [1.807, 2.05) is 18.2 Å². The van der Waals surface area contributed by atoms with Gasteiger partial charge in [0.2, 0.25) is 0 Å². The van der Waals surface area contributed by atoms with Gasteiger partial charge in [-0.2, -0.15) is 0 Å². The van der Waals surface area contributed by atoms with Crippen molar-refractivity contribution in [3.8, 4) is 11.5 Å². The molecule has 23 heavy (non-hydrogen) atoms. The Labute approximate surface area is 136 Å². The number of hydrogen-bond acceptors (Lipinski definition) is 6. The number of nitrogens with zero attached hydrogens (tertiary/aromatic N) is 3. The number of fused-ring (bicyclic) bond motifs is 1. The number of aryl methyl sites for hydroxylation is 1. The summed E-state index contributed by atoms with van der Waals surface area (Å²) in [6.07, 6.45) is 5.00. The molecule has 0 saturated carbocycles. The number of aliphatic hydroxyl groups is 1. The number of anilines is 1. The molecule has 122 valence electrons. The van der Waals surface area contributed by atoms with Crippen LogP contribution in [0.2, 0.25) is 0 Å². The molecule has 0 bridgehead atoms. The number of pyridine rings is 1. The van der Waals surface area contributed by atoms with Gasteiger partial charge in [0, 0.05) is 31.1 Å². The second-order valence-electron chi connectivity index (χ2n) is 5.71. The van der Waals surface area contributed by atoms with Gasteiger partial charge in [0.25, 0.3) is 0 Å². The zero-order valence-corrected chi connectivity index (χ0v) is 13.3. The zero-order chi connectivity index (χ0) is 16.1. The summed E-state index contributed by atoms with van der Waals surface area (Å²) in [4.78, 5) is 13.7. The highest BCUT2D eigenvalue weighted by Crippen LogP contribution is 2.28. The predicted molar refractivity (Wildman–Crippen MR) is 88.3 cm³/mol. The Morgan fingerprint density at radius 3 is 3.00 bits per heavy atom. The summed E-state index contributed by atoms with van der Waals surface area (Å²) in [6, 6.07) is 5.74. The summed E-state index contributed by atoms with van der Waals surface area (Å²) in [5.74, 6) is 1.53. The largest absolute Gasteiger partial charge is 0.391 e. The molecule has 2 N–H and O–H groups in total. The van der Waals surface area contributed by atoms with Crippen molar-refractivity contribution in [3.05, 3.63) is 35.7 Å². The van der Waals surface area contributed by atoms with Crippen LogP contribution in [0.15, 0.2) is 24.4 Å². The third-order valence-electron chi connectivity index (χ3n) is 3.96. The van der Waals surface area contributed by atoms with Crippen LogP contribution in [0.4, 0.5) is 5.82 Å². The first kappa shape index (κ1) is 15.8. The molecule has 0 radical (unpaired) electrons. The van der Waals surface area contributed by atoms with Crippen LogP contribution < -0.4 is 5.32 Å². The molecular weight excluding hydrogens is 292 g/mol. The van der Waals surface area contributed by atoms with Crippen LogP contribution in [0, 0.1) is 0 Å². The maximum atomic E-state index is 9.75. The molecule has 2 aromatic rings. The van der Waals surface area contributed by atoms with Gasteiger partial charge in [-0.25, -0.2) is 9.97 Å². The zero-order valence-electron chi connectivity index (χ0n) is 13.3. The molecular formula is C17H22N4O2. The Kier molecular flexibility index (Phi) is 5.15. The first-order valence-electron chi connectivity index (χ1n) is 8.00. The number of nitrogens with one attached hydrogen (secondary N) is 1. The summed E-state index contributed by atoms with van der Waals surface area (Å²) < 4.78 is 4.95. The second-order valence-corrected chi connectivity index (χ2v) is 5.71. The average molecular weight is 314 g/mol. The minimum absolute atomic E-state index is 0.350. The van der Waals surface area contributed by atoms with E-state index in [2.05, 4.69) is 20.3 Å². The van der Waals surface area contributed by atoms with Gasteiger partial charge in [-0.15, -0.1) is 0 Å². The molecule has 1 aliphatic carbocycles. The molecule has 1 atom stereocenters. The molecule has 0 aliphatic heterocycles. The molecule has 0 spiro atoms. The van der Waals surface area contributed by atoms with Crippen molar-refractivity contribution in [3.63, 3.8) is 0 Å². The molecule has 3 rings (SSSR count).